The van der Waals surface area contributed by atoms with Crippen LogP contribution in [0, 0.1) is 6.92 Å². The number of benzene rings is 1. The van der Waals surface area contributed by atoms with E-state index < -0.39 is 0 Å². The lowest BCUT2D eigenvalue weighted by molar-refractivity contribution is 0.103. The van der Waals surface area contributed by atoms with Crippen molar-refractivity contribution in [2.24, 2.45) is 7.05 Å². The second-order valence-electron chi connectivity index (χ2n) is 4.55. The standard InChI is InChI=1S/C14H14N4OS/c1-8-10-11(15)12(20-14(10)18(2)17-8)13(19)16-9-6-4-3-5-7-9/h3-7H,15H2,1-2H3,(H,16,19). The zero-order valence-corrected chi connectivity index (χ0v) is 12.0. The monoisotopic (exact) mass is 286 g/mol. The van der Waals surface area contributed by atoms with Gasteiger partial charge in [-0.25, -0.2) is 0 Å². The predicted octanol–water partition coefficient (Wildman–Crippen LogP) is 2.78. The van der Waals surface area contributed by atoms with Crippen molar-refractivity contribution >= 4 is 38.8 Å². The Bertz CT molecular complexity index is 788. The summed E-state index contributed by atoms with van der Waals surface area (Å²) in [5.41, 5.74) is 8.20. The number of aromatic nitrogens is 2. The number of rotatable bonds is 2. The molecule has 0 aliphatic rings. The number of hydrogen-bond acceptors (Lipinski definition) is 4. The molecule has 0 spiro atoms. The van der Waals surface area contributed by atoms with Gasteiger partial charge in [-0.1, -0.05) is 18.2 Å². The Morgan fingerprint density at radius 1 is 1.35 bits per heavy atom. The lowest BCUT2D eigenvalue weighted by Gasteiger charge is -2.03. The Kier molecular flexibility index (Phi) is 2.94. The fourth-order valence-corrected chi connectivity index (χ4v) is 3.29. The second-order valence-corrected chi connectivity index (χ2v) is 5.55. The van der Waals surface area contributed by atoms with E-state index >= 15 is 0 Å². The molecule has 20 heavy (non-hydrogen) atoms. The summed E-state index contributed by atoms with van der Waals surface area (Å²) < 4.78 is 1.75. The third-order valence-corrected chi connectivity index (χ3v) is 4.39. The number of carbonyl (C=O) groups excluding carboxylic acids is 1. The number of para-hydroxylation sites is 1. The lowest BCUT2D eigenvalue weighted by Crippen LogP contribution is -2.11. The van der Waals surface area contributed by atoms with E-state index in [1.54, 1.807) is 4.68 Å². The van der Waals surface area contributed by atoms with Crippen LogP contribution in [-0.4, -0.2) is 15.7 Å². The smallest absolute Gasteiger partial charge is 0.267 e. The molecule has 0 saturated carbocycles. The van der Waals surface area contributed by atoms with Crippen LogP contribution in [0.15, 0.2) is 30.3 Å². The maximum atomic E-state index is 12.3. The van der Waals surface area contributed by atoms with Crippen molar-refractivity contribution < 1.29 is 4.79 Å². The van der Waals surface area contributed by atoms with Gasteiger partial charge in [-0.2, -0.15) is 5.10 Å². The third kappa shape index (κ3) is 1.94. The molecule has 0 fully saturated rings. The Hall–Kier alpha value is -2.34. The molecule has 0 saturated heterocycles. The predicted molar refractivity (Wildman–Crippen MR) is 82.1 cm³/mol. The van der Waals surface area contributed by atoms with Crippen molar-refractivity contribution in [3.63, 3.8) is 0 Å². The zero-order valence-electron chi connectivity index (χ0n) is 11.2. The van der Waals surface area contributed by atoms with Crippen LogP contribution in [0.5, 0.6) is 0 Å². The van der Waals surface area contributed by atoms with Gasteiger partial charge in [0.15, 0.2) is 0 Å². The average Bonchev–Trinajstić information content (AvgIpc) is 2.90. The van der Waals surface area contributed by atoms with Gasteiger partial charge in [-0.3, -0.25) is 9.48 Å². The number of nitrogen functional groups attached to an aromatic ring is 1. The molecular formula is C14H14N4OS. The van der Waals surface area contributed by atoms with Crippen molar-refractivity contribution in [2.75, 3.05) is 11.1 Å². The molecule has 0 radical (unpaired) electrons. The van der Waals surface area contributed by atoms with Gasteiger partial charge < -0.3 is 11.1 Å². The summed E-state index contributed by atoms with van der Waals surface area (Å²) in [6.45, 7) is 1.89. The molecule has 0 bridgehead atoms. The van der Waals surface area contributed by atoms with E-state index in [1.807, 2.05) is 44.3 Å². The first-order valence-corrected chi connectivity index (χ1v) is 6.97. The number of hydrogen-bond donors (Lipinski definition) is 2. The quantitative estimate of drug-likeness (QED) is 0.760. The summed E-state index contributed by atoms with van der Waals surface area (Å²) in [7, 11) is 1.85. The van der Waals surface area contributed by atoms with Crippen LogP contribution in [0.4, 0.5) is 11.4 Å². The van der Waals surface area contributed by atoms with Crippen LogP contribution in [0.2, 0.25) is 0 Å². The summed E-state index contributed by atoms with van der Waals surface area (Å²) in [4.78, 5) is 13.8. The van der Waals surface area contributed by atoms with Crippen LogP contribution in [-0.2, 0) is 7.05 Å². The first-order chi connectivity index (χ1) is 9.58. The van der Waals surface area contributed by atoms with E-state index in [0.717, 1.165) is 21.6 Å². The Morgan fingerprint density at radius 2 is 2.05 bits per heavy atom. The maximum absolute atomic E-state index is 12.3. The van der Waals surface area contributed by atoms with E-state index in [-0.39, 0.29) is 5.91 Å². The molecule has 6 heteroatoms. The molecule has 0 unspecified atom stereocenters. The Balaban J connectivity index is 2.00. The van der Waals surface area contributed by atoms with E-state index in [2.05, 4.69) is 10.4 Å². The molecule has 5 nitrogen and oxygen atoms in total. The van der Waals surface area contributed by atoms with Gasteiger partial charge in [0.2, 0.25) is 0 Å². The highest BCUT2D eigenvalue weighted by Gasteiger charge is 2.20. The van der Waals surface area contributed by atoms with Gasteiger partial charge in [0.25, 0.3) is 5.91 Å². The number of carbonyl (C=O) groups is 1. The molecule has 1 aromatic carbocycles. The SMILES string of the molecule is Cc1nn(C)c2sc(C(=O)Nc3ccccc3)c(N)c12. The number of fused-ring (bicyclic) bond motifs is 1. The Labute approximate surface area is 120 Å². The van der Waals surface area contributed by atoms with Crippen molar-refractivity contribution in [3.05, 3.63) is 40.9 Å². The number of anilines is 2. The molecule has 0 aliphatic carbocycles. The summed E-state index contributed by atoms with van der Waals surface area (Å²) in [5.74, 6) is -0.186. The number of nitrogens with two attached hydrogens (primary N) is 1. The molecule has 2 heterocycles. The lowest BCUT2D eigenvalue weighted by atomic mass is 10.2. The van der Waals surface area contributed by atoms with Crippen molar-refractivity contribution in [1.29, 1.82) is 0 Å². The summed E-state index contributed by atoms with van der Waals surface area (Å²) in [6.07, 6.45) is 0. The van der Waals surface area contributed by atoms with Gasteiger partial charge in [-0.05, 0) is 19.1 Å². The van der Waals surface area contributed by atoms with Crippen LogP contribution in [0.25, 0.3) is 10.2 Å². The van der Waals surface area contributed by atoms with E-state index in [9.17, 15) is 4.79 Å². The second kappa shape index (κ2) is 4.64. The largest absolute Gasteiger partial charge is 0.397 e. The summed E-state index contributed by atoms with van der Waals surface area (Å²) in [5, 5.41) is 8.03. The highest BCUT2D eigenvalue weighted by molar-refractivity contribution is 7.21. The highest BCUT2D eigenvalue weighted by atomic mass is 32.1. The van der Waals surface area contributed by atoms with Crippen molar-refractivity contribution in [2.45, 2.75) is 6.92 Å². The Morgan fingerprint density at radius 3 is 2.70 bits per heavy atom. The highest BCUT2D eigenvalue weighted by Crippen LogP contribution is 2.35. The minimum absolute atomic E-state index is 0.186. The zero-order chi connectivity index (χ0) is 14.3. The van der Waals surface area contributed by atoms with Gasteiger partial charge in [0.1, 0.15) is 9.71 Å². The average molecular weight is 286 g/mol. The minimum atomic E-state index is -0.186. The maximum Gasteiger partial charge on any atom is 0.267 e. The first kappa shape index (κ1) is 12.7. The molecule has 0 aliphatic heterocycles. The summed E-state index contributed by atoms with van der Waals surface area (Å²) >= 11 is 1.36. The topological polar surface area (TPSA) is 72.9 Å². The fraction of sp³-hybridized carbons (Fsp3) is 0.143. The van der Waals surface area contributed by atoms with E-state index in [4.69, 9.17) is 5.73 Å². The molecule has 1 amide bonds. The summed E-state index contributed by atoms with van der Waals surface area (Å²) in [6, 6.07) is 9.33. The van der Waals surface area contributed by atoms with Crippen molar-refractivity contribution in [3.8, 4) is 0 Å². The molecule has 3 N–H and O–H groups in total. The number of nitrogens with zero attached hydrogens (tertiary/aromatic N) is 2. The first-order valence-electron chi connectivity index (χ1n) is 6.16. The number of amides is 1. The van der Waals surface area contributed by atoms with Crippen LogP contribution < -0.4 is 11.1 Å². The molecular weight excluding hydrogens is 272 g/mol. The van der Waals surface area contributed by atoms with Crippen LogP contribution in [0.3, 0.4) is 0 Å². The van der Waals surface area contributed by atoms with Crippen LogP contribution >= 0.6 is 11.3 Å². The molecule has 102 valence electrons. The number of nitrogens with one attached hydrogen (secondary N) is 1. The fourth-order valence-electron chi connectivity index (χ4n) is 2.21. The third-order valence-electron chi connectivity index (χ3n) is 3.12. The minimum Gasteiger partial charge on any atom is -0.397 e. The number of aryl methyl sites for hydroxylation is 2. The number of thiophene rings is 1. The molecule has 3 aromatic rings. The normalized spacial score (nSPS) is 10.9. The van der Waals surface area contributed by atoms with Gasteiger partial charge in [0, 0.05) is 12.7 Å². The van der Waals surface area contributed by atoms with Gasteiger partial charge >= 0.3 is 0 Å². The molecule has 3 rings (SSSR count). The molecule has 0 atom stereocenters. The van der Waals surface area contributed by atoms with Gasteiger partial charge in [-0.15, -0.1) is 11.3 Å². The van der Waals surface area contributed by atoms with E-state index in [0.29, 0.717) is 10.6 Å². The van der Waals surface area contributed by atoms with Crippen molar-refractivity contribution in [1.82, 2.24) is 9.78 Å². The van der Waals surface area contributed by atoms with Gasteiger partial charge in [0.05, 0.1) is 16.8 Å². The van der Waals surface area contributed by atoms with E-state index in [1.165, 1.54) is 11.3 Å². The van der Waals surface area contributed by atoms with Crippen LogP contribution in [0.1, 0.15) is 15.4 Å². The molecule has 2 aromatic heterocycles.